The van der Waals surface area contributed by atoms with Crippen LogP contribution in [0.15, 0.2) is 24.3 Å². The number of amides is 3. The number of benzene rings is 1. The minimum atomic E-state index is -0.529. The average molecular weight is 463 g/mol. The van der Waals surface area contributed by atoms with Crippen LogP contribution in [0, 0.1) is 0 Å². The molecule has 0 aliphatic heterocycles. The molecule has 7 nitrogen and oxygen atoms in total. The zero-order valence-electron chi connectivity index (χ0n) is 20.6. The van der Waals surface area contributed by atoms with Crippen molar-refractivity contribution in [2.45, 2.75) is 110 Å². The Kier molecular flexibility index (Phi) is 17.7. The Morgan fingerprint density at radius 1 is 0.636 bits per heavy atom. The zero-order valence-corrected chi connectivity index (χ0v) is 20.6. The van der Waals surface area contributed by atoms with Crippen LogP contribution in [0.25, 0.3) is 0 Å². The molecule has 1 aromatic carbocycles. The third-order valence-electron chi connectivity index (χ3n) is 5.78. The number of carbonyl (C=O) groups is 2. The molecule has 0 aromatic heterocycles. The molecule has 0 fully saturated rings. The minimum Gasteiger partial charge on any atom is -0.508 e. The van der Waals surface area contributed by atoms with E-state index in [9.17, 15) is 14.7 Å². The summed E-state index contributed by atoms with van der Waals surface area (Å²) >= 11 is 0. The second kappa shape index (κ2) is 20.3. The maximum absolute atomic E-state index is 11.8. The molecular weight excluding hydrogens is 416 g/mol. The first-order valence-corrected chi connectivity index (χ1v) is 13.0. The van der Waals surface area contributed by atoms with Gasteiger partial charge in [-0.15, -0.1) is 0 Å². The predicted molar refractivity (Wildman–Crippen MR) is 135 cm³/mol. The summed E-state index contributed by atoms with van der Waals surface area (Å²) in [6.07, 6.45) is 21.3. The number of rotatable bonds is 19. The van der Waals surface area contributed by atoms with Crippen LogP contribution in [0.1, 0.15) is 120 Å². The predicted octanol–water partition coefficient (Wildman–Crippen LogP) is 6.10. The molecule has 0 aliphatic rings. The summed E-state index contributed by atoms with van der Waals surface area (Å²) in [6, 6.07) is 5.24. The van der Waals surface area contributed by atoms with Gasteiger partial charge in [-0.1, -0.05) is 103 Å². The van der Waals surface area contributed by atoms with Crippen LogP contribution in [0.5, 0.6) is 5.75 Å². The summed E-state index contributed by atoms with van der Waals surface area (Å²) in [4.78, 5) is 23.5. The van der Waals surface area contributed by atoms with Crippen LogP contribution < -0.4 is 21.7 Å². The van der Waals surface area contributed by atoms with Gasteiger partial charge in [0, 0.05) is 12.1 Å². The van der Waals surface area contributed by atoms with Gasteiger partial charge < -0.3 is 5.11 Å². The number of hydrogen-bond acceptors (Lipinski definition) is 4. The van der Waals surface area contributed by atoms with Gasteiger partial charge in [-0.3, -0.25) is 15.6 Å². The molecule has 1 aromatic rings. The molecule has 1 rings (SSSR count). The zero-order chi connectivity index (χ0) is 24.0. The van der Waals surface area contributed by atoms with Gasteiger partial charge in [-0.25, -0.2) is 15.6 Å². The molecule has 0 atom stereocenters. The number of carbonyl (C=O) groups excluding carboxylic acids is 2. The van der Waals surface area contributed by atoms with Crippen molar-refractivity contribution in [3.63, 3.8) is 0 Å². The number of phenolic OH excluding ortho intramolecular Hbond substituents is 1. The fourth-order valence-electron chi connectivity index (χ4n) is 3.73. The molecule has 0 aliphatic carbocycles. The molecular formula is C26H46N4O3. The summed E-state index contributed by atoms with van der Waals surface area (Å²) in [5.74, 6) is -0.376. The topological polar surface area (TPSA) is 102 Å². The first-order chi connectivity index (χ1) is 16.1. The van der Waals surface area contributed by atoms with Crippen LogP contribution in [0.4, 0.5) is 4.79 Å². The molecule has 0 heterocycles. The van der Waals surface area contributed by atoms with E-state index in [0.29, 0.717) is 12.1 Å². The lowest BCUT2D eigenvalue weighted by Gasteiger charge is -2.10. The van der Waals surface area contributed by atoms with Crippen molar-refractivity contribution >= 4 is 11.9 Å². The standard InChI is InChI=1S/C26H46N4O3/c1-2-3-4-5-6-7-8-9-10-11-12-13-14-15-16-17-22-27-29-26(33)30-28-25(32)23-18-20-24(31)21-19-23/h18-21,27,31H,2-17,22H2,1H3,(H,28,32)(H2,29,30,33). The monoisotopic (exact) mass is 462 g/mol. The molecule has 5 N–H and O–H groups in total. The third kappa shape index (κ3) is 16.9. The van der Waals surface area contributed by atoms with Crippen molar-refractivity contribution in [2.24, 2.45) is 0 Å². The Morgan fingerprint density at radius 2 is 1.09 bits per heavy atom. The van der Waals surface area contributed by atoms with E-state index in [1.54, 1.807) is 0 Å². The number of aromatic hydroxyl groups is 1. The summed E-state index contributed by atoms with van der Waals surface area (Å²) in [5.41, 5.74) is 10.3. The van der Waals surface area contributed by atoms with Crippen molar-refractivity contribution in [3.05, 3.63) is 29.8 Å². The molecule has 0 radical (unpaired) electrons. The van der Waals surface area contributed by atoms with Gasteiger partial charge in [-0.05, 0) is 30.7 Å². The minimum absolute atomic E-state index is 0.0792. The second-order valence-electron chi connectivity index (χ2n) is 8.81. The van der Waals surface area contributed by atoms with Crippen LogP contribution >= 0.6 is 0 Å². The number of hydrogen-bond donors (Lipinski definition) is 5. The van der Waals surface area contributed by atoms with Gasteiger partial charge in [0.05, 0.1) is 0 Å². The molecule has 3 amide bonds. The summed E-state index contributed by atoms with van der Waals surface area (Å²) in [5, 5.41) is 9.22. The largest absolute Gasteiger partial charge is 0.508 e. The molecule has 188 valence electrons. The Hall–Kier alpha value is -2.28. The van der Waals surface area contributed by atoms with E-state index in [-0.39, 0.29) is 5.75 Å². The van der Waals surface area contributed by atoms with Crippen LogP contribution in [-0.2, 0) is 0 Å². The van der Waals surface area contributed by atoms with E-state index in [0.717, 1.165) is 12.8 Å². The maximum Gasteiger partial charge on any atom is 0.347 e. The van der Waals surface area contributed by atoms with E-state index in [2.05, 4.69) is 28.6 Å². The average Bonchev–Trinajstić information content (AvgIpc) is 2.82. The lowest BCUT2D eigenvalue weighted by molar-refractivity contribution is 0.0935. The number of unbranched alkanes of at least 4 members (excludes halogenated alkanes) is 15. The van der Waals surface area contributed by atoms with Crippen molar-refractivity contribution in [1.82, 2.24) is 21.7 Å². The summed E-state index contributed by atoms with van der Waals surface area (Å²) in [6.45, 7) is 2.96. The molecule has 0 spiro atoms. The van der Waals surface area contributed by atoms with Gasteiger partial charge in [0.1, 0.15) is 5.75 Å². The highest BCUT2D eigenvalue weighted by Crippen LogP contribution is 2.13. The Morgan fingerprint density at radius 3 is 1.58 bits per heavy atom. The van der Waals surface area contributed by atoms with Gasteiger partial charge in [0.2, 0.25) is 0 Å². The molecule has 0 saturated heterocycles. The quantitative estimate of drug-likeness (QED) is 0.127. The Balaban J connectivity index is 1.80. The van der Waals surface area contributed by atoms with Gasteiger partial charge in [0.25, 0.3) is 5.91 Å². The van der Waals surface area contributed by atoms with Gasteiger partial charge >= 0.3 is 6.03 Å². The van der Waals surface area contributed by atoms with E-state index < -0.39 is 11.9 Å². The Bertz CT molecular complexity index is 622. The van der Waals surface area contributed by atoms with Crippen LogP contribution in [0.3, 0.4) is 0 Å². The fourth-order valence-corrected chi connectivity index (χ4v) is 3.73. The van der Waals surface area contributed by atoms with Crippen LogP contribution in [-0.4, -0.2) is 23.6 Å². The molecule has 33 heavy (non-hydrogen) atoms. The number of nitrogens with one attached hydrogen (secondary N) is 4. The molecule has 0 bridgehead atoms. The smallest absolute Gasteiger partial charge is 0.347 e. The molecule has 0 unspecified atom stereocenters. The van der Waals surface area contributed by atoms with E-state index in [4.69, 9.17) is 0 Å². The van der Waals surface area contributed by atoms with Crippen molar-refractivity contribution < 1.29 is 14.7 Å². The fraction of sp³-hybridized carbons (Fsp3) is 0.692. The number of phenols is 1. The van der Waals surface area contributed by atoms with E-state index in [1.165, 1.54) is 114 Å². The van der Waals surface area contributed by atoms with Crippen LogP contribution in [0.2, 0.25) is 0 Å². The SMILES string of the molecule is CCCCCCCCCCCCCCCCCCNNC(=O)NNC(=O)c1ccc(O)cc1. The third-order valence-corrected chi connectivity index (χ3v) is 5.78. The highest BCUT2D eigenvalue weighted by molar-refractivity contribution is 5.95. The normalized spacial score (nSPS) is 10.7. The molecule has 0 saturated carbocycles. The highest BCUT2D eigenvalue weighted by Gasteiger charge is 2.06. The van der Waals surface area contributed by atoms with Crippen molar-refractivity contribution in [2.75, 3.05) is 6.54 Å². The molecule has 7 heteroatoms. The lowest BCUT2D eigenvalue weighted by Crippen LogP contribution is -2.51. The van der Waals surface area contributed by atoms with E-state index >= 15 is 0 Å². The summed E-state index contributed by atoms with van der Waals surface area (Å²) in [7, 11) is 0. The highest BCUT2D eigenvalue weighted by atomic mass is 16.3. The van der Waals surface area contributed by atoms with Crippen molar-refractivity contribution in [3.8, 4) is 5.75 Å². The van der Waals surface area contributed by atoms with E-state index in [1.807, 2.05) is 0 Å². The number of hydrazine groups is 2. The maximum atomic E-state index is 11.8. The Labute approximate surface area is 200 Å². The van der Waals surface area contributed by atoms with Gasteiger partial charge in [0.15, 0.2) is 0 Å². The number of urea groups is 1. The first-order valence-electron chi connectivity index (χ1n) is 13.0. The van der Waals surface area contributed by atoms with Gasteiger partial charge in [-0.2, -0.15) is 0 Å². The summed E-state index contributed by atoms with van der Waals surface area (Å²) < 4.78 is 0. The second-order valence-corrected chi connectivity index (χ2v) is 8.81. The lowest BCUT2D eigenvalue weighted by atomic mass is 10.0. The first kappa shape index (κ1) is 28.8. The van der Waals surface area contributed by atoms with Crippen molar-refractivity contribution in [1.29, 1.82) is 0 Å².